The van der Waals surface area contributed by atoms with Crippen molar-refractivity contribution in [1.29, 1.82) is 0 Å². The van der Waals surface area contributed by atoms with Crippen LogP contribution in [-0.4, -0.2) is 46.7 Å². The molecule has 6 rings (SSSR count). The number of aliphatic hydroxyl groups excluding tert-OH is 1. The number of hydrogen-bond donors (Lipinski definition) is 3. The molecule has 0 saturated heterocycles. The van der Waals surface area contributed by atoms with Crippen LogP contribution in [0.3, 0.4) is 0 Å². The first kappa shape index (κ1) is 39.1. The van der Waals surface area contributed by atoms with Gasteiger partial charge in [-0.15, -0.1) is 0 Å². The molecule has 0 bridgehead atoms. The molecule has 1 aromatic rings. The largest absolute Gasteiger partial charge is 0.481 e. The van der Waals surface area contributed by atoms with Gasteiger partial charge in [-0.25, -0.2) is 4.39 Å². The van der Waals surface area contributed by atoms with E-state index >= 15 is 0 Å². The van der Waals surface area contributed by atoms with Gasteiger partial charge >= 0.3 is 11.9 Å². The molecule has 2 unspecified atom stereocenters. The van der Waals surface area contributed by atoms with Crippen LogP contribution >= 0.6 is 0 Å². The highest BCUT2D eigenvalue weighted by Gasteiger charge is 2.70. The van der Waals surface area contributed by atoms with Gasteiger partial charge in [0.15, 0.2) is 5.78 Å². The summed E-state index contributed by atoms with van der Waals surface area (Å²) < 4.78 is 19.6. The second-order valence-electron chi connectivity index (χ2n) is 19.8. The Hall–Kier alpha value is -2.58. The molecule has 0 amide bonds. The van der Waals surface area contributed by atoms with Gasteiger partial charge in [0, 0.05) is 30.3 Å². The maximum atomic E-state index is 14.0. The van der Waals surface area contributed by atoms with Gasteiger partial charge in [0.05, 0.1) is 17.9 Å². The van der Waals surface area contributed by atoms with Crippen molar-refractivity contribution in [3.8, 4) is 0 Å². The highest BCUT2D eigenvalue weighted by molar-refractivity contribution is 6.00. The molecule has 0 radical (unpaired) electrons. The number of carboxylic acid groups (broad SMARTS) is 1. The zero-order chi connectivity index (χ0) is 38.2. The van der Waals surface area contributed by atoms with Gasteiger partial charge in [-0.1, -0.05) is 66.2 Å². The summed E-state index contributed by atoms with van der Waals surface area (Å²) >= 11 is 0. The average Bonchev–Trinajstić information content (AvgIpc) is 3.36. The Kier molecular flexibility index (Phi) is 10.0. The van der Waals surface area contributed by atoms with E-state index in [4.69, 9.17) is 4.74 Å². The molecule has 7 nitrogen and oxygen atoms in total. The van der Waals surface area contributed by atoms with Crippen molar-refractivity contribution in [3.05, 3.63) is 46.8 Å². The Morgan fingerprint density at radius 2 is 1.62 bits per heavy atom. The van der Waals surface area contributed by atoms with Gasteiger partial charge in [-0.2, -0.15) is 0 Å². The van der Waals surface area contributed by atoms with Gasteiger partial charge in [-0.05, 0) is 128 Å². The Labute approximate surface area is 310 Å². The maximum absolute atomic E-state index is 14.0. The molecule has 8 heteroatoms. The number of aliphatic carboxylic acids is 1. The molecule has 52 heavy (non-hydrogen) atoms. The Balaban J connectivity index is 1.26. The van der Waals surface area contributed by atoms with Crippen LogP contribution in [0.1, 0.15) is 132 Å². The molecule has 9 atom stereocenters. The lowest BCUT2D eigenvalue weighted by molar-refractivity contribution is -0.235. The lowest BCUT2D eigenvalue weighted by Crippen LogP contribution is -2.66. The van der Waals surface area contributed by atoms with Crippen LogP contribution in [0, 0.1) is 62.0 Å². The summed E-state index contributed by atoms with van der Waals surface area (Å²) in [6.07, 6.45) is 6.91. The predicted octanol–water partition coefficient (Wildman–Crippen LogP) is 8.67. The van der Waals surface area contributed by atoms with Crippen LogP contribution in [-0.2, 0) is 25.7 Å². The smallest absolute Gasteiger partial charge is 0.309 e. The fourth-order valence-electron chi connectivity index (χ4n) is 13.1. The average molecular weight is 722 g/mol. The quantitative estimate of drug-likeness (QED) is 0.207. The molecule has 5 aliphatic carbocycles. The van der Waals surface area contributed by atoms with Crippen molar-refractivity contribution in [2.24, 2.45) is 56.2 Å². The van der Waals surface area contributed by atoms with Crippen molar-refractivity contribution >= 4 is 17.7 Å². The van der Waals surface area contributed by atoms with Gasteiger partial charge in [0.25, 0.3) is 0 Å². The Morgan fingerprint density at radius 3 is 2.25 bits per heavy atom. The minimum Gasteiger partial charge on any atom is -0.481 e. The van der Waals surface area contributed by atoms with E-state index in [1.807, 2.05) is 0 Å². The fourth-order valence-corrected chi connectivity index (χ4v) is 13.1. The second-order valence-corrected chi connectivity index (χ2v) is 19.8. The van der Waals surface area contributed by atoms with Crippen LogP contribution in [0.25, 0.3) is 0 Å². The molecule has 0 aromatic heterocycles. The van der Waals surface area contributed by atoms with Crippen LogP contribution in [0.4, 0.5) is 4.39 Å². The lowest BCUT2D eigenvalue weighted by atomic mass is 9.33. The number of ketones is 1. The van der Waals surface area contributed by atoms with Crippen LogP contribution in [0.15, 0.2) is 35.4 Å². The van der Waals surface area contributed by atoms with Crippen molar-refractivity contribution < 1.29 is 33.7 Å². The van der Waals surface area contributed by atoms with E-state index in [2.05, 4.69) is 53.8 Å². The summed E-state index contributed by atoms with van der Waals surface area (Å²) in [6, 6.07) is 6.44. The number of halogens is 1. The van der Waals surface area contributed by atoms with Crippen LogP contribution in [0.2, 0.25) is 0 Å². The second kappa shape index (κ2) is 13.3. The van der Waals surface area contributed by atoms with E-state index in [0.29, 0.717) is 31.3 Å². The number of carboxylic acids is 1. The molecule has 0 spiro atoms. The summed E-state index contributed by atoms with van der Waals surface area (Å²) in [5.74, 6) is -0.356. The predicted molar refractivity (Wildman–Crippen MR) is 199 cm³/mol. The van der Waals surface area contributed by atoms with Crippen molar-refractivity contribution in [1.82, 2.24) is 5.32 Å². The molecule has 3 N–H and O–H groups in total. The maximum Gasteiger partial charge on any atom is 0.309 e. The first-order valence-electron chi connectivity index (χ1n) is 20.0. The number of benzene rings is 1. The van der Waals surface area contributed by atoms with Gasteiger partial charge in [0.2, 0.25) is 0 Å². The number of nitrogens with one attached hydrogen (secondary N) is 1. The number of Topliss-reactive ketones (excluding diaryl/α,β-unsaturated/α-hetero) is 1. The summed E-state index contributed by atoms with van der Waals surface area (Å²) in [4.78, 5) is 38.8. The third kappa shape index (κ3) is 6.01. The van der Waals surface area contributed by atoms with E-state index in [9.17, 15) is 29.0 Å². The number of fused-ring (bicyclic) bond motifs is 7. The lowest BCUT2D eigenvalue weighted by Gasteiger charge is -2.72. The van der Waals surface area contributed by atoms with E-state index in [1.165, 1.54) is 17.7 Å². The molecule has 4 saturated carbocycles. The third-order valence-corrected chi connectivity index (χ3v) is 16.1. The van der Waals surface area contributed by atoms with E-state index in [0.717, 1.165) is 62.5 Å². The van der Waals surface area contributed by atoms with E-state index < -0.39 is 28.9 Å². The molecule has 0 aliphatic heterocycles. The zero-order valence-electron chi connectivity index (χ0n) is 33.2. The van der Waals surface area contributed by atoms with Gasteiger partial charge in [0.1, 0.15) is 11.9 Å². The van der Waals surface area contributed by atoms with E-state index in [1.54, 1.807) is 26.0 Å². The van der Waals surface area contributed by atoms with Crippen molar-refractivity contribution in [2.45, 2.75) is 145 Å². The normalized spacial score (nSPS) is 37.5. The van der Waals surface area contributed by atoms with Gasteiger partial charge in [-0.3, -0.25) is 14.4 Å². The molecule has 4 fully saturated rings. The van der Waals surface area contributed by atoms with Crippen molar-refractivity contribution in [3.63, 3.8) is 0 Å². The fraction of sp³-hybridized carbons (Fsp3) is 0.750. The first-order chi connectivity index (χ1) is 24.1. The Morgan fingerprint density at radius 1 is 0.942 bits per heavy atom. The molecular weight excluding hydrogens is 657 g/mol. The minimum absolute atomic E-state index is 0.0327. The highest BCUT2D eigenvalue weighted by atomic mass is 19.1. The standard InChI is InChI=1S/C44H64FNO6/c1-26(2)36-30(47)22-44(33(48)25-46-24-27-10-12-28(45)13-11-27)21-20-42(8)29(37(36)44)14-15-32-41(7)18-17-34(52-35(49)23-39(3,4)38(50)51)40(5,6)31(41)16-19-43(32,42)9/h10-13,26,29,31-34,46,48H,14-25H2,1-9H3,(H,50,51)/t29-,31+,32?,33?,34+,41+,42-,43-,44+/m1/s1. The highest BCUT2D eigenvalue weighted by Crippen LogP contribution is 2.77. The monoisotopic (exact) mass is 721 g/mol. The molecule has 0 heterocycles. The number of carbonyl (C=O) groups is 3. The zero-order valence-corrected chi connectivity index (χ0v) is 33.2. The molecular formula is C44H64FNO6. The number of carbonyl (C=O) groups excluding carboxylic acids is 2. The summed E-state index contributed by atoms with van der Waals surface area (Å²) in [6.45, 7) is 20.4. The Bertz CT molecular complexity index is 1610. The number of aliphatic hydroxyl groups is 1. The van der Waals surface area contributed by atoms with Gasteiger partial charge < -0.3 is 20.3 Å². The molecule has 288 valence electrons. The van der Waals surface area contributed by atoms with Crippen LogP contribution in [0.5, 0.6) is 0 Å². The minimum atomic E-state index is -1.17. The number of hydrogen-bond acceptors (Lipinski definition) is 6. The summed E-state index contributed by atoms with van der Waals surface area (Å²) in [7, 11) is 0. The van der Waals surface area contributed by atoms with Crippen LogP contribution < -0.4 is 5.32 Å². The summed E-state index contributed by atoms with van der Waals surface area (Å²) in [5.41, 5.74) is 1.22. The van der Waals surface area contributed by atoms with Crippen molar-refractivity contribution in [2.75, 3.05) is 6.54 Å². The number of rotatable bonds is 10. The topological polar surface area (TPSA) is 113 Å². The number of ether oxygens (including phenoxy) is 1. The first-order valence-corrected chi connectivity index (χ1v) is 20.0. The third-order valence-electron chi connectivity index (χ3n) is 16.1. The number of esters is 1. The summed E-state index contributed by atoms with van der Waals surface area (Å²) in [5, 5.41) is 25.1. The molecule has 1 aromatic carbocycles. The number of allylic oxidation sites excluding steroid dienone is 1. The molecule has 5 aliphatic rings. The SMILES string of the molecule is CC(C)C1=C2[C@H]3CCC4[C@@]5(C)CC[C@H](OC(=O)CC(C)(C)C(=O)O)C(C)(C)[C@@H]5CC[C@@]4(C)[C@]3(C)CC[C@@]2(C(O)CNCc2ccc(F)cc2)CC1=O. The van der Waals surface area contributed by atoms with E-state index in [-0.39, 0.29) is 57.6 Å².